The monoisotopic (exact) mass is 524 g/mol. The largest absolute Gasteiger partial charge is 0.497 e. The van der Waals surface area contributed by atoms with Crippen molar-refractivity contribution in [1.82, 2.24) is 19.7 Å². The minimum atomic E-state index is -4.32. The van der Waals surface area contributed by atoms with Gasteiger partial charge in [0.15, 0.2) is 0 Å². The number of rotatable bonds is 10. The van der Waals surface area contributed by atoms with Crippen LogP contribution >= 0.6 is 0 Å². The molecule has 0 fully saturated rings. The maximum absolute atomic E-state index is 13.8. The number of aromatic nitrogens is 1. The Morgan fingerprint density at radius 1 is 1.05 bits per heavy atom. The maximum Gasteiger partial charge on any atom is 0.261 e. The zero-order valence-electron chi connectivity index (χ0n) is 19.8. The zero-order chi connectivity index (χ0) is 26.6. The molecule has 1 aliphatic heterocycles. The Labute approximate surface area is 213 Å². The van der Waals surface area contributed by atoms with Crippen LogP contribution in [0.4, 0.5) is 0 Å². The highest BCUT2D eigenvalue weighted by atomic mass is 32.2. The quantitative estimate of drug-likeness (QED) is 0.232. The van der Waals surface area contributed by atoms with Crippen molar-refractivity contribution in [2.45, 2.75) is 23.9 Å². The lowest BCUT2D eigenvalue weighted by molar-refractivity contribution is -0.133. The average Bonchev–Trinajstić information content (AvgIpc) is 3.17. The topological polar surface area (TPSA) is 146 Å². The molecule has 0 saturated carbocycles. The van der Waals surface area contributed by atoms with Crippen LogP contribution in [0.2, 0.25) is 0 Å². The highest BCUT2D eigenvalue weighted by molar-refractivity contribution is 7.89. The molecule has 2 heterocycles. The van der Waals surface area contributed by atoms with Gasteiger partial charge in [0.25, 0.3) is 17.7 Å². The van der Waals surface area contributed by atoms with Gasteiger partial charge in [-0.15, -0.1) is 0 Å². The van der Waals surface area contributed by atoms with E-state index in [1.165, 1.54) is 61.4 Å². The average molecular weight is 525 g/mol. The second kappa shape index (κ2) is 10.9. The summed E-state index contributed by atoms with van der Waals surface area (Å²) in [6.45, 7) is -0.519. The smallest absolute Gasteiger partial charge is 0.261 e. The molecule has 2 aromatic carbocycles. The summed E-state index contributed by atoms with van der Waals surface area (Å²) in [7, 11) is -2.87. The molecule has 1 aliphatic rings. The molecule has 2 N–H and O–H groups in total. The Morgan fingerprint density at radius 2 is 1.70 bits per heavy atom. The van der Waals surface area contributed by atoms with Crippen LogP contribution < -0.4 is 10.2 Å². The van der Waals surface area contributed by atoms with Crippen LogP contribution in [0.3, 0.4) is 0 Å². The molecule has 0 radical (unpaired) electrons. The minimum absolute atomic E-state index is 0.117. The summed E-state index contributed by atoms with van der Waals surface area (Å²) in [4.78, 5) is 43.3. The van der Waals surface area contributed by atoms with Crippen molar-refractivity contribution in [3.8, 4) is 5.75 Å². The Kier molecular flexibility index (Phi) is 7.62. The first-order chi connectivity index (χ1) is 17.8. The number of carbonyl (C=O) groups is 3. The fourth-order valence-electron chi connectivity index (χ4n) is 4.09. The van der Waals surface area contributed by atoms with Gasteiger partial charge in [-0.3, -0.25) is 29.5 Å². The number of amides is 3. The van der Waals surface area contributed by atoms with Crippen LogP contribution in [0.25, 0.3) is 0 Å². The molecule has 0 saturated heterocycles. The number of nitrogens with one attached hydrogen (secondary N) is 1. The second-order valence-electron chi connectivity index (χ2n) is 8.18. The van der Waals surface area contributed by atoms with Gasteiger partial charge in [-0.25, -0.2) is 13.9 Å². The third kappa shape index (κ3) is 5.21. The third-order valence-corrected chi connectivity index (χ3v) is 7.86. The maximum atomic E-state index is 13.8. The Balaban J connectivity index is 1.68. The number of pyridine rings is 1. The van der Waals surface area contributed by atoms with Crippen LogP contribution in [-0.4, -0.2) is 65.2 Å². The lowest BCUT2D eigenvalue weighted by Gasteiger charge is -2.30. The number of methoxy groups -OCH3 is 1. The minimum Gasteiger partial charge on any atom is -0.497 e. The number of benzene rings is 2. The molecular formula is C25H24N4O7S. The molecule has 0 spiro atoms. The SMILES string of the molecule is COc1ccc(S(=O)(=O)N(Cc2cccnc2)[C@@H](CCN2C(=O)c3ccccc3C2=O)C(=O)NO)cc1. The van der Waals surface area contributed by atoms with E-state index in [0.717, 1.165) is 9.21 Å². The molecule has 12 heteroatoms. The van der Waals surface area contributed by atoms with Gasteiger partial charge >= 0.3 is 0 Å². The summed E-state index contributed by atoms with van der Waals surface area (Å²) in [5, 5.41) is 9.47. The number of fused-ring (bicyclic) bond motifs is 1. The van der Waals surface area contributed by atoms with Gasteiger partial charge in [-0.05, 0) is 54.4 Å². The number of hydrogen-bond acceptors (Lipinski definition) is 8. The van der Waals surface area contributed by atoms with Gasteiger partial charge in [0.05, 0.1) is 23.1 Å². The summed E-state index contributed by atoms with van der Waals surface area (Å²) >= 11 is 0. The third-order valence-electron chi connectivity index (χ3n) is 5.99. The van der Waals surface area contributed by atoms with E-state index in [9.17, 15) is 28.0 Å². The number of nitrogens with zero attached hydrogens (tertiary/aromatic N) is 3. The van der Waals surface area contributed by atoms with E-state index in [2.05, 4.69) is 4.98 Å². The van der Waals surface area contributed by atoms with E-state index >= 15 is 0 Å². The van der Waals surface area contributed by atoms with Crippen molar-refractivity contribution in [3.05, 3.63) is 89.7 Å². The number of ether oxygens (including phenoxy) is 1. The molecule has 1 atom stereocenters. The van der Waals surface area contributed by atoms with Crippen LogP contribution in [0.15, 0.2) is 78.0 Å². The van der Waals surface area contributed by atoms with Crippen molar-refractivity contribution < 1.29 is 32.7 Å². The van der Waals surface area contributed by atoms with Gasteiger partial charge in [0.2, 0.25) is 10.0 Å². The summed E-state index contributed by atoms with van der Waals surface area (Å²) in [5.41, 5.74) is 2.46. The van der Waals surface area contributed by atoms with Crippen molar-refractivity contribution in [2.24, 2.45) is 0 Å². The first-order valence-corrected chi connectivity index (χ1v) is 12.7. The number of imide groups is 1. The fraction of sp³-hybridized carbons (Fsp3) is 0.200. The molecular weight excluding hydrogens is 500 g/mol. The summed E-state index contributed by atoms with van der Waals surface area (Å²) in [6.07, 6.45) is 2.70. The molecule has 11 nitrogen and oxygen atoms in total. The Morgan fingerprint density at radius 3 is 2.24 bits per heavy atom. The van der Waals surface area contributed by atoms with Crippen LogP contribution in [0.5, 0.6) is 5.75 Å². The van der Waals surface area contributed by atoms with Crippen molar-refractivity contribution in [2.75, 3.05) is 13.7 Å². The molecule has 192 valence electrons. The van der Waals surface area contributed by atoms with E-state index < -0.39 is 33.8 Å². The number of hydroxylamine groups is 1. The molecule has 0 unspecified atom stereocenters. The van der Waals surface area contributed by atoms with Gasteiger partial charge in [-0.1, -0.05) is 18.2 Å². The molecule has 3 amide bonds. The zero-order valence-corrected chi connectivity index (χ0v) is 20.6. The van der Waals surface area contributed by atoms with Crippen LogP contribution in [0, 0.1) is 0 Å². The summed E-state index contributed by atoms with van der Waals surface area (Å²) < 4.78 is 33.5. The summed E-state index contributed by atoms with van der Waals surface area (Å²) in [5.74, 6) is -1.66. The van der Waals surface area contributed by atoms with Crippen LogP contribution in [0.1, 0.15) is 32.7 Å². The molecule has 37 heavy (non-hydrogen) atoms. The van der Waals surface area contributed by atoms with Gasteiger partial charge < -0.3 is 4.74 Å². The lowest BCUT2D eigenvalue weighted by atomic mass is 10.1. The number of hydrogen-bond donors (Lipinski definition) is 2. The van der Waals surface area contributed by atoms with E-state index in [4.69, 9.17) is 4.74 Å². The highest BCUT2D eigenvalue weighted by Gasteiger charge is 2.39. The van der Waals surface area contributed by atoms with Crippen molar-refractivity contribution in [3.63, 3.8) is 0 Å². The Bertz CT molecular complexity index is 1380. The molecule has 3 aromatic rings. The molecule has 1 aromatic heterocycles. The lowest BCUT2D eigenvalue weighted by Crippen LogP contribution is -2.50. The number of carbonyl (C=O) groups excluding carboxylic acids is 3. The molecule has 0 aliphatic carbocycles. The highest BCUT2D eigenvalue weighted by Crippen LogP contribution is 2.27. The van der Waals surface area contributed by atoms with Crippen molar-refractivity contribution in [1.29, 1.82) is 0 Å². The standard InChI is InChI=1S/C25H24N4O7S/c1-36-18-8-10-19(11-9-18)37(34,35)29(16-17-5-4-13-26-15-17)22(23(30)27-33)12-14-28-24(31)20-6-2-3-7-21(20)25(28)32/h2-11,13,15,22,33H,12,14,16H2,1H3,(H,27,30)/t22-/m0/s1. The molecule has 4 rings (SSSR count). The molecule has 0 bridgehead atoms. The van der Waals surface area contributed by atoms with E-state index in [0.29, 0.717) is 11.3 Å². The van der Waals surface area contributed by atoms with Gasteiger partial charge in [0, 0.05) is 25.5 Å². The summed E-state index contributed by atoms with van der Waals surface area (Å²) in [6, 6.07) is 13.7. The van der Waals surface area contributed by atoms with Crippen molar-refractivity contribution >= 4 is 27.7 Å². The van der Waals surface area contributed by atoms with Gasteiger partial charge in [0.1, 0.15) is 11.8 Å². The van der Waals surface area contributed by atoms with Gasteiger partial charge in [-0.2, -0.15) is 4.31 Å². The van der Waals surface area contributed by atoms with E-state index in [1.54, 1.807) is 24.3 Å². The Hall–Kier alpha value is -4.13. The predicted molar refractivity (Wildman–Crippen MR) is 130 cm³/mol. The normalized spacial score (nSPS) is 14.0. The first kappa shape index (κ1) is 25.9. The first-order valence-electron chi connectivity index (χ1n) is 11.2. The second-order valence-corrected chi connectivity index (χ2v) is 10.1. The van der Waals surface area contributed by atoms with E-state index in [-0.39, 0.29) is 35.5 Å². The number of sulfonamides is 1. The fourth-order valence-corrected chi connectivity index (χ4v) is 5.70. The van der Waals surface area contributed by atoms with Crippen LogP contribution in [-0.2, 0) is 21.4 Å². The predicted octanol–water partition coefficient (Wildman–Crippen LogP) is 1.84. The van der Waals surface area contributed by atoms with E-state index in [1.807, 2.05) is 0 Å².